The number of rotatable bonds is 1. The summed E-state index contributed by atoms with van der Waals surface area (Å²) in [4.78, 5) is 43.2. The molecule has 2 heterocycles. The van der Waals surface area contributed by atoms with Crippen LogP contribution in [0.1, 0.15) is 0 Å². The van der Waals surface area contributed by atoms with E-state index in [2.05, 4.69) is 9.47 Å². The molecule has 0 fully saturated rings. The van der Waals surface area contributed by atoms with E-state index in [0.717, 1.165) is 12.2 Å². The zero-order valence-electron chi connectivity index (χ0n) is 6.60. The van der Waals surface area contributed by atoms with Crippen molar-refractivity contribution in [3.8, 4) is 0 Å². The quantitative estimate of drug-likeness (QED) is 0.393. The van der Waals surface area contributed by atoms with Crippen LogP contribution in [0.4, 0.5) is 0 Å². The fraction of sp³-hybridized carbons (Fsp3) is 0. The van der Waals surface area contributed by atoms with Gasteiger partial charge in [-0.1, -0.05) is 0 Å². The van der Waals surface area contributed by atoms with Crippen LogP contribution < -0.4 is 0 Å². The summed E-state index contributed by atoms with van der Waals surface area (Å²) in [6, 6.07) is 0. The minimum atomic E-state index is -0.951. The summed E-state index contributed by atoms with van der Waals surface area (Å²) in [5, 5.41) is 0. The predicted octanol–water partition coefficient (Wildman–Crippen LogP) is -0.994. The average molecular weight is 194 g/mol. The van der Waals surface area contributed by atoms with Crippen LogP contribution >= 0.6 is 0 Å². The van der Waals surface area contributed by atoms with Crippen molar-refractivity contribution >= 4 is 23.9 Å². The Morgan fingerprint density at radius 2 is 1.07 bits per heavy atom. The highest BCUT2D eigenvalue weighted by atomic mass is 16.6. The van der Waals surface area contributed by atoms with E-state index in [-0.39, 0.29) is 11.1 Å². The first kappa shape index (κ1) is 8.36. The van der Waals surface area contributed by atoms with Gasteiger partial charge in [0.15, 0.2) is 0 Å². The summed E-state index contributed by atoms with van der Waals surface area (Å²) < 4.78 is 8.28. The van der Waals surface area contributed by atoms with Crippen molar-refractivity contribution in [2.75, 3.05) is 0 Å². The molecule has 0 amide bonds. The Balaban J connectivity index is 2.42. The van der Waals surface area contributed by atoms with Gasteiger partial charge in [-0.15, -0.1) is 0 Å². The number of carbonyl (C=O) groups excluding carboxylic acids is 4. The molecule has 6 heteroatoms. The molecule has 0 bridgehead atoms. The highest BCUT2D eigenvalue weighted by Gasteiger charge is 2.35. The van der Waals surface area contributed by atoms with Crippen LogP contribution in [0.2, 0.25) is 0 Å². The smallest absolute Gasteiger partial charge is 0.347 e. The number of esters is 4. The minimum Gasteiger partial charge on any atom is -0.386 e. The minimum absolute atomic E-state index is 0.245. The van der Waals surface area contributed by atoms with Crippen molar-refractivity contribution in [3.63, 3.8) is 0 Å². The van der Waals surface area contributed by atoms with Crippen molar-refractivity contribution in [2.24, 2.45) is 0 Å². The molecule has 14 heavy (non-hydrogen) atoms. The zero-order chi connectivity index (χ0) is 10.3. The maximum absolute atomic E-state index is 11.0. The van der Waals surface area contributed by atoms with Crippen molar-refractivity contribution < 1.29 is 28.7 Å². The number of ether oxygens (including phenoxy) is 2. The molecule has 0 saturated heterocycles. The Labute approximate surface area is 76.8 Å². The fourth-order valence-corrected chi connectivity index (χ4v) is 1.08. The Morgan fingerprint density at radius 3 is 1.29 bits per heavy atom. The first-order valence-corrected chi connectivity index (χ1v) is 3.54. The van der Waals surface area contributed by atoms with Gasteiger partial charge in [-0.3, -0.25) is 0 Å². The Morgan fingerprint density at radius 1 is 0.714 bits per heavy atom. The molecule has 0 aromatic rings. The number of cyclic esters (lactones) is 4. The molecule has 6 nitrogen and oxygen atoms in total. The van der Waals surface area contributed by atoms with Crippen molar-refractivity contribution in [1.82, 2.24) is 0 Å². The van der Waals surface area contributed by atoms with Crippen molar-refractivity contribution in [2.45, 2.75) is 0 Å². The molecular weight excluding hydrogens is 192 g/mol. The molecule has 0 saturated carbocycles. The van der Waals surface area contributed by atoms with Crippen LogP contribution in [0.5, 0.6) is 0 Å². The molecule has 0 aliphatic carbocycles. The third kappa shape index (κ3) is 1.13. The molecule has 0 spiro atoms. The number of hydrogen-bond donors (Lipinski definition) is 0. The van der Waals surface area contributed by atoms with Gasteiger partial charge in [-0.05, 0) is 0 Å². The second-order valence-electron chi connectivity index (χ2n) is 2.53. The highest BCUT2D eigenvalue weighted by Crippen LogP contribution is 2.22. The Bertz CT molecular complexity index is 397. The lowest BCUT2D eigenvalue weighted by atomic mass is 10.1. The van der Waals surface area contributed by atoms with Gasteiger partial charge in [0.2, 0.25) is 0 Å². The standard InChI is InChI=1S/C8H2O6/c9-5-1-3(7(11)13-5)4-2-6(10)14-8(4)12/h1-2H. The molecule has 0 N–H and O–H groups in total. The fourth-order valence-electron chi connectivity index (χ4n) is 1.08. The van der Waals surface area contributed by atoms with Gasteiger partial charge in [-0.2, -0.15) is 0 Å². The highest BCUT2D eigenvalue weighted by molar-refractivity contribution is 6.22. The lowest BCUT2D eigenvalue weighted by Crippen LogP contribution is -2.08. The van der Waals surface area contributed by atoms with Crippen LogP contribution in [0.15, 0.2) is 23.3 Å². The van der Waals surface area contributed by atoms with Crippen LogP contribution in [-0.4, -0.2) is 23.9 Å². The molecule has 0 aromatic heterocycles. The van der Waals surface area contributed by atoms with Crippen LogP contribution in [0.25, 0.3) is 0 Å². The second kappa shape index (κ2) is 2.63. The molecular formula is C8H2O6. The van der Waals surface area contributed by atoms with Gasteiger partial charge < -0.3 is 9.47 Å². The van der Waals surface area contributed by atoms with Crippen molar-refractivity contribution in [3.05, 3.63) is 23.3 Å². The van der Waals surface area contributed by atoms with E-state index in [1.165, 1.54) is 0 Å². The molecule has 0 radical (unpaired) electrons. The summed E-state index contributed by atoms with van der Waals surface area (Å²) in [5.74, 6) is -3.63. The lowest BCUT2D eigenvalue weighted by Gasteiger charge is -1.94. The lowest BCUT2D eigenvalue weighted by molar-refractivity contribution is -0.153. The molecule has 2 aliphatic rings. The summed E-state index contributed by atoms with van der Waals surface area (Å²) in [7, 11) is 0. The predicted molar refractivity (Wildman–Crippen MR) is 38.4 cm³/mol. The average Bonchev–Trinajstić information content (AvgIpc) is 2.55. The van der Waals surface area contributed by atoms with E-state index >= 15 is 0 Å². The van der Waals surface area contributed by atoms with Gasteiger partial charge in [0.25, 0.3) is 0 Å². The van der Waals surface area contributed by atoms with E-state index in [4.69, 9.17) is 0 Å². The van der Waals surface area contributed by atoms with E-state index in [1.54, 1.807) is 0 Å². The molecule has 0 unspecified atom stereocenters. The second-order valence-corrected chi connectivity index (χ2v) is 2.53. The van der Waals surface area contributed by atoms with Gasteiger partial charge in [0, 0.05) is 12.2 Å². The third-order valence-corrected chi connectivity index (χ3v) is 1.64. The van der Waals surface area contributed by atoms with E-state index in [1.807, 2.05) is 0 Å². The van der Waals surface area contributed by atoms with Gasteiger partial charge in [0.1, 0.15) is 0 Å². The Kier molecular flexibility index (Phi) is 1.57. The molecule has 2 aliphatic heterocycles. The van der Waals surface area contributed by atoms with Gasteiger partial charge in [-0.25, -0.2) is 19.2 Å². The van der Waals surface area contributed by atoms with Crippen molar-refractivity contribution in [1.29, 1.82) is 0 Å². The van der Waals surface area contributed by atoms with E-state index in [0.29, 0.717) is 0 Å². The summed E-state index contributed by atoms with van der Waals surface area (Å²) in [6.45, 7) is 0. The topological polar surface area (TPSA) is 86.7 Å². The van der Waals surface area contributed by atoms with Crippen LogP contribution in [-0.2, 0) is 28.7 Å². The van der Waals surface area contributed by atoms with Gasteiger partial charge in [0.05, 0.1) is 11.1 Å². The first-order chi connectivity index (χ1) is 6.58. The Hall–Kier alpha value is -2.24. The number of carbonyl (C=O) groups is 4. The molecule has 70 valence electrons. The molecule has 2 rings (SSSR count). The SMILES string of the molecule is O=C1C=C(C2=CC(=O)OC2=O)C(=O)O1. The van der Waals surface area contributed by atoms with Gasteiger partial charge >= 0.3 is 23.9 Å². The molecule has 0 atom stereocenters. The van der Waals surface area contributed by atoms with E-state index in [9.17, 15) is 19.2 Å². The molecule has 0 aromatic carbocycles. The summed E-state index contributed by atoms with van der Waals surface area (Å²) in [6.07, 6.45) is 1.68. The third-order valence-electron chi connectivity index (χ3n) is 1.64. The largest absolute Gasteiger partial charge is 0.386 e. The monoisotopic (exact) mass is 194 g/mol. The van der Waals surface area contributed by atoms with Crippen LogP contribution in [0.3, 0.4) is 0 Å². The van der Waals surface area contributed by atoms with Crippen LogP contribution in [0, 0.1) is 0 Å². The zero-order valence-corrected chi connectivity index (χ0v) is 6.60. The maximum Gasteiger partial charge on any atom is 0.347 e. The summed E-state index contributed by atoms with van der Waals surface area (Å²) >= 11 is 0. The summed E-state index contributed by atoms with van der Waals surface area (Å²) in [5.41, 5.74) is -0.489. The normalized spacial score (nSPS) is 20.6. The van der Waals surface area contributed by atoms with E-state index < -0.39 is 23.9 Å². The maximum atomic E-state index is 11.0. The first-order valence-electron chi connectivity index (χ1n) is 3.54. The number of hydrogen-bond acceptors (Lipinski definition) is 6.